The average molecular weight is 637 g/mol. The number of ether oxygens (including phenoxy) is 2. The van der Waals surface area contributed by atoms with Crippen molar-refractivity contribution in [2.24, 2.45) is 0 Å². The zero-order valence-electron chi connectivity index (χ0n) is 26.3. The number of hydrogen-bond donors (Lipinski definition) is 3. The first-order chi connectivity index (χ1) is 20.8. The second-order valence-electron chi connectivity index (χ2n) is 11.0. The third-order valence-electron chi connectivity index (χ3n) is 7.01. The van der Waals surface area contributed by atoms with E-state index in [1.807, 2.05) is 43.3 Å². The van der Waals surface area contributed by atoms with Gasteiger partial charge in [0, 0.05) is 25.7 Å². The second-order valence-corrected chi connectivity index (χ2v) is 12.5. The molecule has 0 unspecified atom stereocenters. The van der Waals surface area contributed by atoms with Crippen LogP contribution in [0.25, 0.3) is 10.1 Å². The highest BCUT2D eigenvalue weighted by Gasteiger charge is 2.26. The predicted molar refractivity (Wildman–Crippen MR) is 186 cm³/mol. The molecule has 0 saturated carbocycles. The molecule has 236 valence electrons. The molecule has 0 aliphatic heterocycles. The van der Waals surface area contributed by atoms with Crippen LogP contribution >= 0.6 is 22.9 Å². The van der Waals surface area contributed by atoms with Crippen molar-refractivity contribution in [2.45, 2.75) is 56.8 Å². The van der Waals surface area contributed by atoms with E-state index in [1.54, 1.807) is 75.8 Å². The number of benzene rings is 3. The Kier molecular flexibility index (Phi) is 13.9. The Morgan fingerprint density at radius 3 is 1.73 bits per heavy atom. The number of para-hydroxylation sites is 1. The molecule has 7 heteroatoms. The summed E-state index contributed by atoms with van der Waals surface area (Å²) in [4.78, 5) is 1.00. The highest BCUT2D eigenvalue weighted by Crippen LogP contribution is 2.36. The number of hydrogen-bond acceptors (Lipinski definition) is 6. The highest BCUT2D eigenvalue weighted by molar-refractivity contribution is 7.19. The molecule has 0 bridgehead atoms. The van der Waals surface area contributed by atoms with Crippen LogP contribution in [0.15, 0.2) is 111 Å². The van der Waals surface area contributed by atoms with Gasteiger partial charge in [-0.15, -0.1) is 31.1 Å². The van der Waals surface area contributed by atoms with E-state index in [1.165, 1.54) is 10.1 Å². The molecule has 1 aromatic heterocycles. The molecule has 0 spiro atoms. The van der Waals surface area contributed by atoms with E-state index < -0.39 is 16.8 Å². The highest BCUT2D eigenvalue weighted by atomic mass is 35.5. The lowest BCUT2D eigenvalue weighted by atomic mass is 9.92. The Bertz CT molecular complexity index is 1490. The fraction of sp³-hybridized carbons (Fsp3) is 0.297. The van der Waals surface area contributed by atoms with Gasteiger partial charge in [-0.3, -0.25) is 0 Å². The van der Waals surface area contributed by atoms with E-state index in [4.69, 9.17) is 21.1 Å². The van der Waals surface area contributed by atoms with Crippen LogP contribution in [-0.2, 0) is 16.8 Å². The number of thiophene rings is 1. The van der Waals surface area contributed by atoms with Gasteiger partial charge in [-0.05, 0) is 75.8 Å². The molecule has 3 N–H and O–H groups in total. The summed E-state index contributed by atoms with van der Waals surface area (Å²) in [5.74, 6) is 1.30. The van der Waals surface area contributed by atoms with Crippen LogP contribution in [0.4, 0.5) is 0 Å². The van der Waals surface area contributed by atoms with E-state index >= 15 is 0 Å². The van der Waals surface area contributed by atoms with Crippen LogP contribution in [0.2, 0.25) is 5.02 Å². The summed E-state index contributed by atoms with van der Waals surface area (Å²) in [6, 6.07) is 22.9. The van der Waals surface area contributed by atoms with Crippen molar-refractivity contribution < 1.29 is 24.8 Å². The lowest BCUT2D eigenvalue weighted by molar-refractivity contribution is 0.0574. The largest absolute Gasteiger partial charge is 0.496 e. The number of aliphatic hydroxyl groups is 3. The molecule has 1 heterocycles. The number of fused-ring (bicyclic) bond motifs is 1. The second kappa shape index (κ2) is 16.6. The Balaban J connectivity index is 0.000000230. The first-order valence-electron chi connectivity index (χ1n) is 14.2. The van der Waals surface area contributed by atoms with Gasteiger partial charge in [0.25, 0.3) is 0 Å². The first-order valence-corrected chi connectivity index (χ1v) is 15.4. The fourth-order valence-corrected chi connectivity index (χ4v) is 5.89. The van der Waals surface area contributed by atoms with Crippen molar-refractivity contribution in [1.82, 2.24) is 0 Å². The van der Waals surface area contributed by atoms with Crippen molar-refractivity contribution >= 4 is 33.0 Å². The van der Waals surface area contributed by atoms with E-state index in [2.05, 4.69) is 37.9 Å². The normalized spacial score (nSPS) is 14.7. The monoisotopic (exact) mass is 636 g/mol. The molecule has 0 saturated heterocycles. The maximum absolute atomic E-state index is 10.2. The zero-order valence-corrected chi connectivity index (χ0v) is 27.9. The van der Waals surface area contributed by atoms with E-state index in [9.17, 15) is 15.3 Å². The molecule has 3 atom stereocenters. The van der Waals surface area contributed by atoms with Crippen LogP contribution in [0.1, 0.15) is 56.0 Å². The molecule has 0 radical (unpaired) electrons. The summed E-state index contributed by atoms with van der Waals surface area (Å²) < 4.78 is 11.6. The van der Waals surface area contributed by atoms with E-state index in [0.717, 1.165) is 10.4 Å². The SMILES string of the molecule is C=CC[C@](C)(O)c1cc2ccccc2s1.C=CC[C@](C)(O)c1ccc(Cl)cc1OC.C=CC[C@](C)(O)c1ccccc1OC. The minimum Gasteiger partial charge on any atom is -0.496 e. The lowest BCUT2D eigenvalue weighted by Gasteiger charge is -2.24. The summed E-state index contributed by atoms with van der Waals surface area (Å²) in [5, 5.41) is 32.4. The molecular weight excluding hydrogens is 592 g/mol. The van der Waals surface area contributed by atoms with Crippen LogP contribution in [0.3, 0.4) is 0 Å². The lowest BCUT2D eigenvalue weighted by Crippen LogP contribution is -2.20. The van der Waals surface area contributed by atoms with Gasteiger partial charge < -0.3 is 24.8 Å². The summed E-state index contributed by atoms with van der Waals surface area (Å²) in [7, 11) is 3.15. The molecule has 44 heavy (non-hydrogen) atoms. The van der Waals surface area contributed by atoms with Crippen molar-refractivity contribution in [3.05, 3.63) is 132 Å². The van der Waals surface area contributed by atoms with Gasteiger partial charge in [0.2, 0.25) is 0 Å². The van der Waals surface area contributed by atoms with Gasteiger partial charge >= 0.3 is 0 Å². The zero-order chi connectivity index (χ0) is 33.0. The van der Waals surface area contributed by atoms with Crippen LogP contribution in [0.5, 0.6) is 11.5 Å². The number of methoxy groups -OCH3 is 2. The van der Waals surface area contributed by atoms with Gasteiger partial charge in [0.15, 0.2) is 0 Å². The minimum absolute atomic E-state index is 0.463. The van der Waals surface area contributed by atoms with Gasteiger partial charge in [-0.25, -0.2) is 0 Å². The number of halogens is 1. The Morgan fingerprint density at radius 1 is 0.682 bits per heavy atom. The summed E-state index contributed by atoms with van der Waals surface area (Å²) in [6.07, 6.45) is 6.68. The summed E-state index contributed by atoms with van der Waals surface area (Å²) in [6.45, 7) is 16.2. The topological polar surface area (TPSA) is 79.2 Å². The molecule has 4 rings (SSSR count). The molecule has 0 aliphatic rings. The Labute approximate surface area is 271 Å². The van der Waals surface area contributed by atoms with Gasteiger partial charge in [-0.1, -0.05) is 72.3 Å². The third kappa shape index (κ3) is 10.1. The molecule has 0 amide bonds. The quantitative estimate of drug-likeness (QED) is 0.143. The smallest absolute Gasteiger partial charge is 0.126 e. The number of rotatable bonds is 11. The first kappa shape index (κ1) is 36.8. The van der Waals surface area contributed by atoms with Gasteiger partial charge in [0.05, 0.1) is 31.0 Å². The van der Waals surface area contributed by atoms with Crippen LogP contribution in [0, 0.1) is 0 Å². The standard InChI is InChI=1S/C13H14OS.C12H15ClO2.C12H16O2/c1-3-8-13(2,14)12-9-10-6-4-5-7-11(10)15-12;1-4-7-12(2,14)10-6-5-9(13)8-11(10)15-3;1-4-9-12(2,13)10-7-5-6-8-11(10)14-3/h3-7,9,14H,1,8H2,2H3;4-6,8,14H,1,7H2,2-3H3;4-8,13H,1,9H2,2-3H3/t13-;2*12-/m000/s1. The van der Waals surface area contributed by atoms with Crippen molar-refractivity contribution in [3.8, 4) is 11.5 Å². The van der Waals surface area contributed by atoms with Gasteiger partial charge in [-0.2, -0.15) is 0 Å². The molecule has 5 nitrogen and oxygen atoms in total. The minimum atomic E-state index is -0.975. The summed E-state index contributed by atoms with van der Waals surface area (Å²) in [5.41, 5.74) is -1.16. The van der Waals surface area contributed by atoms with E-state index in [0.29, 0.717) is 41.3 Å². The molecule has 0 fully saturated rings. The van der Waals surface area contributed by atoms with Crippen LogP contribution < -0.4 is 9.47 Å². The molecular formula is C37H45ClO5S. The maximum Gasteiger partial charge on any atom is 0.126 e. The van der Waals surface area contributed by atoms with E-state index in [-0.39, 0.29) is 0 Å². The maximum atomic E-state index is 10.2. The van der Waals surface area contributed by atoms with Crippen molar-refractivity contribution in [1.29, 1.82) is 0 Å². The Morgan fingerprint density at radius 2 is 1.18 bits per heavy atom. The predicted octanol–water partition coefficient (Wildman–Crippen LogP) is 9.30. The van der Waals surface area contributed by atoms with Crippen molar-refractivity contribution in [3.63, 3.8) is 0 Å². The van der Waals surface area contributed by atoms with Gasteiger partial charge in [0.1, 0.15) is 11.5 Å². The third-order valence-corrected chi connectivity index (χ3v) is 8.62. The van der Waals surface area contributed by atoms with Crippen LogP contribution in [-0.4, -0.2) is 29.5 Å². The molecule has 0 aliphatic carbocycles. The molecule has 3 aromatic carbocycles. The summed E-state index contributed by atoms with van der Waals surface area (Å²) >= 11 is 7.49. The average Bonchev–Trinajstić information content (AvgIpc) is 3.43. The fourth-order valence-electron chi connectivity index (χ4n) is 4.61. The molecule has 4 aromatic rings. The van der Waals surface area contributed by atoms with Crippen molar-refractivity contribution in [2.75, 3.05) is 14.2 Å². The Hall–Kier alpha value is -3.39.